The number of hydrogen-bond acceptors (Lipinski definition) is 5. The van der Waals surface area contributed by atoms with Crippen molar-refractivity contribution in [2.45, 2.75) is 0 Å². The highest BCUT2D eigenvalue weighted by Crippen LogP contribution is 2.08. The lowest BCUT2D eigenvalue weighted by molar-refractivity contribution is 0.102. The molecule has 8 nitrogen and oxygen atoms in total. The number of aryl methyl sites for hydroxylation is 1. The van der Waals surface area contributed by atoms with E-state index in [-0.39, 0.29) is 22.7 Å². The van der Waals surface area contributed by atoms with Gasteiger partial charge in [0, 0.05) is 13.2 Å². The van der Waals surface area contributed by atoms with Crippen molar-refractivity contribution in [2.75, 3.05) is 0 Å². The SMILES string of the molecule is Cn1c(=O)[nH]c(=O)c2[nH]c(C(=O)c3ccccn3)nc21. The van der Waals surface area contributed by atoms with E-state index in [0.29, 0.717) is 0 Å². The van der Waals surface area contributed by atoms with Crippen molar-refractivity contribution in [3.05, 3.63) is 56.8 Å². The van der Waals surface area contributed by atoms with Crippen LogP contribution in [0.4, 0.5) is 0 Å². The zero-order valence-electron chi connectivity index (χ0n) is 10.4. The van der Waals surface area contributed by atoms with Crippen LogP contribution in [0.5, 0.6) is 0 Å². The molecule has 0 aliphatic heterocycles. The van der Waals surface area contributed by atoms with Gasteiger partial charge < -0.3 is 4.98 Å². The summed E-state index contributed by atoms with van der Waals surface area (Å²) in [5.41, 5.74) is -0.807. The van der Waals surface area contributed by atoms with E-state index in [2.05, 4.69) is 19.9 Å². The standard InChI is InChI=1S/C12H9N5O3/c1-17-10-7(11(19)16-12(17)20)14-9(15-10)8(18)6-4-2-3-5-13-6/h2-5H,1H3,(H,14,15)(H,16,19,20). The number of aromatic nitrogens is 5. The predicted molar refractivity (Wildman–Crippen MR) is 69.6 cm³/mol. The molecule has 2 N–H and O–H groups in total. The molecular weight excluding hydrogens is 262 g/mol. The van der Waals surface area contributed by atoms with Gasteiger partial charge in [0.05, 0.1) is 0 Å². The molecule has 0 amide bonds. The fourth-order valence-electron chi connectivity index (χ4n) is 1.83. The van der Waals surface area contributed by atoms with Gasteiger partial charge in [-0.15, -0.1) is 0 Å². The van der Waals surface area contributed by atoms with Crippen LogP contribution in [0.15, 0.2) is 34.0 Å². The molecule has 0 aliphatic rings. The second-order valence-electron chi connectivity index (χ2n) is 4.15. The first kappa shape index (κ1) is 12.0. The largest absolute Gasteiger partial charge is 0.329 e. The maximum atomic E-state index is 12.2. The second-order valence-corrected chi connectivity index (χ2v) is 4.15. The van der Waals surface area contributed by atoms with Gasteiger partial charge in [-0.25, -0.2) is 9.78 Å². The highest BCUT2D eigenvalue weighted by Gasteiger charge is 2.17. The summed E-state index contributed by atoms with van der Waals surface area (Å²) < 4.78 is 1.16. The zero-order valence-corrected chi connectivity index (χ0v) is 10.4. The summed E-state index contributed by atoms with van der Waals surface area (Å²) in [7, 11) is 1.45. The number of aromatic amines is 2. The molecule has 0 bridgehead atoms. The summed E-state index contributed by atoms with van der Waals surface area (Å²) >= 11 is 0. The van der Waals surface area contributed by atoms with Crippen molar-refractivity contribution >= 4 is 16.9 Å². The monoisotopic (exact) mass is 271 g/mol. The van der Waals surface area contributed by atoms with E-state index in [1.54, 1.807) is 18.2 Å². The number of imidazole rings is 1. The van der Waals surface area contributed by atoms with Crippen LogP contribution in [0.1, 0.15) is 16.3 Å². The lowest BCUT2D eigenvalue weighted by Crippen LogP contribution is -2.28. The van der Waals surface area contributed by atoms with Crippen molar-refractivity contribution in [2.24, 2.45) is 7.05 Å². The summed E-state index contributed by atoms with van der Waals surface area (Å²) in [6.07, 6.45) is 1.48. The Balaban J connectivity index is 2.22. The molecule has 3 rings (SSSR count). The average molecular weight is 271 g/mol. The minimum atomic E-state index is -0.615. The normalized spacial score (nSPS) is 10.8. The lowest BCUT2D eigenvalue weighted by atomic mass is 10.2. The van der Waals surface area contributed by atoms with Gasteiger partial charge >= 0.3 is 5.69 Å². The minimum absolute atomic E-state index is 0.0367. The van der Waals surface area contributed by atoms with Crippen molar-refractivity contribution in [3.8, 4) is 0 Å². The molecule has 3 aromatic heterocycles. The fraction of sp³-hybridized carbons (Fsp3) is 0.0833. The maximum absolute atomic E-state index is 12.2. The Bertz CT molecular complexity index is 920. The van der Waals surface area contributed by atoms with Crippen molar-refractivity contribution in [1.29, 1.82) is 0 Å². The Morgan fingerprint density at radius 3 is 2.75 bits per heavy atom. The molecule has 8 heteroatoms. The predicted octanol–water partition coefficient (Wildman–Crippen LogP) is -0.424. The maximum Gasteiger partial charge on any atom is 0.329 e. The van der Waals surface area contributed by atoms with Crippen LogP contribution in [-0.2, 0) is 7.05 Å². The summed E-state index contributed by atoms with van der Waals surface area (Å²) in [5, 5.41) is 0. The number of pyridine rings is 1. The topological polar surface area (TPSA) is 114 Å². The first-order chi connectivity index (χ1) is 9.58. The van der Waals surface area contributed by atoms with E-state index in [0.717, 1.165) is 4.57 Å². The van der Waals surface area contributed by atoms with Gasteiger partial charge in [0.2, 0.25) is 5.78 Å². The number of nitrogens with zero attached hydrogens (tertiary/aromatic N) is 3. The van der Waals surface area contributed by atoms with E-state index in [1.165, 1.54) is 13.2 Å². The molecule has 0 saturated heterocycles. The quantitative estimate of drug-likeness (QED) is 0.614. The third kappa shape index (κ3) is 1.74. The van der Waals surface area contributed by atoms with Crippen LogP contribution in [0.3, 0.4) is 0 Å². The highest BCUT2D eigenvalue weighted by molar-refractivity contribution is 6.06. The molecule has 0 radical (unpaired) electrons. The van der Waals surface area contributed by atoms with Gasteiger partial charge in [0.25, 0.3) is 5.56 Å². The van der Waals surface area contributed by atoms with Crippen LogP contribution in [-0.4, -0.2) is 30.3 Å². The lowest BCUT2D eigenvalue weighted by Gasteiger charge is -1.95. The fourth-order valence-corrected chi connectivity index (χ4v) is 1.83. The number of carbonyl (C=O) groups excluding carboxylic acids is 1. The Labute approximate surface area is 111 Å². The van der Waals surface area contributed by atoms with Gasteiger partial charge in [0.1, 0.15) is 11.2 Å². The Morgan fingerprint density at radius 2 is 2.05 bits per heavy atom. The first-order valence-electron chi connectivity index (χ1n) is 5.72. The first-order valence-corrected chi connectivity index (χ1v) is 5.72. The highest BCUT2D eigenvalue weighted by atomic mass is 16.2. The molecule has 3 heterocycles. The molecule has 0 atom stereocenters. The third-order valence-corrected chi connectivity index (χ3v) is 2.87. The molecule has 0 aromatic carbocycles. The van der Waals surface area contributed by atoms with Gasteiger partial charge in [-0.1, -0.05) is 6.07 Å². The summed E-state index contributed by atoms with van der Waals surface area (Å²) in [5.74, 6) is -0.487. The number of nitrogens with one attached hydrogen (secondary N) is 2. The van der Waals surface area contributed by atoms with Crippen molar-refractivity contribution in [1.82, 2.24) is 24.5 Å². The van der Waals surface area contributed by atoms with Crippen LogP contribution in [0.25, 0.3) is 11.2 Å². The smallest absolute Gasteiger partial charge is 0.329 e. The summed E-state index contributed by atoms with van der Waals surface area (Å²) in [6, 6.07) is 4.90. The Morgan fingerprint density at radius 1 is 1.25 bits per heavy atom. The molecule has 100 valence electrons. The molecule has 0 unspecified atom stereocenters. The van der Waals surface area contributed by atoms with Crippen LogP contribution < -0.4 is 11.2 Å². The molecule has 0 spiro atoms. The van der Waals surface area contributed by atoms with Gasteiger partial charge in [-0.3, -0.25) is 24.1 Å². The number of ketones is 1. The number of H-pyrrole nitrogens is 2. The van der Waals surface area contributed by atoms with Crippen LogP contribution >= 0.6 is 0 Å². The summed E-state index contributed by atoms with van der Waals surface area (Å²) in [4.78, 5) is 48.0. The Kier molecular flexibility index (Phi) is 2.56. The van der Waals surface area contributed by atoms with Crippen molar-refractivity contribution in [3.63, 3.8) is 0 Å². The Hall–Kier alpha value is -3.03. The van der Waals surface area contributed by atoms with Gasteiger partial charge in [0.15, 0.2) is 11.5 Å². The van der Waals surface area contributed by atoms with Gasteiger partial charge in [-0.2, -0.15) is 0 Å². The van der Waals surface area contributed by atoms with Crippen LogP contribution in [0, 0.1) is 0 Å². The minimum Gasteiger partial charge on any atom is -0.329 e. The van der Waals surface area contributed by atoms with E-state index in [1.807, 2.05) is 0 Å². The molecule has 0 saturated carbocycles. The van der Waals surface area contributed by atoms with Gasteiger partial charge in [-0.05, 0) is 12.1 Å². The number of hydrogen-bond donors (Lipinski definition) is 2. The van der Waals surface area contributed by atoms with Crippen molar-refractivity contribution < 1.29 is 4.79 Å². The molecule has 3 aromatic rings. The number of carbonyl (C=O) groups is 1. The zero-order chi connectivity index (χ0) is 14.3. The third-order valence-electron chi connectivity index (χ3n) is 2.87. The number of fused-ring (bicyclic) bond motifs is 1. The van der Waals surface area contributed by atoms with Crippen LogP contribution in [0.2, 0.25) is 0 Å². The summed E-state index contributed by atoms with van der Waals surface area (Å²) in [6.45, 7) is 0. The van der Waals surface area contributed by atoms with E-state index >= 15 is 0 Å². The molecule has 0 aliphatic carbocycles. The molecular formula is C12H9N5O3. The number of rotatable bonds is 2. The average Bonchev–Trinajstić information content (AvgIpc) is 2.91. The van der Waals surface area contributed by atoms with E-state index < -0.39 is 17.0 Å². The van der Waals surface area contributed by atoms with E-state index in [4.69, 9.17) is 0 Å². The van der Waals surface area contributed by atoms with E-state index in [9.17, 15) is 14.4 Å². The molecule has 20 heavy (non-hydrogen) atoms. The second kappa shape index (κ2) is 4.26. The molecule has 0 fully saturated rings.